The lowest BCUT2D eigenvalue weighted by atomic mass is 10.0. The van der Waals surface area contributed by atoms with E-state index in [1.54, 1.807) is 12.1 Å². The zero-order valence-corrected chi connectivity index (χ0v) is 22.4. The quantitative estimate of drug-likeness (QED) is 0.306. The molecule has 0 amide bonds. The molecule has 0 atom stereocenters. The van der Waals surface area contributed by atoms with E-state index in [2.05, 4.69) is 41.2 Å². The number of nitrogens with one attached hydrogen (secondary N) is 2. The molecule has 0 aliphatic heterocycles. The molecule has 8 nitrogen and oxygen atoms in total. The Morgan fingerprint density at radius 3 is 1.43 bits per heavy atom. The van der Waals surface area contributed by atoms with E-state index in [1.165, 1.54) is 14.2 Å². The van der Waals surface area contributed by atoms with Crippen LogP contribution >= 0.6 is 0 Å². The van der Waals surface area contributed by atoms with Gasteiger partial charge in [-0.1, -0.05) is 0 Å². The van der Waals surface area contributed by atoms with Crippen LogP contribution in [0.15, 0.2) is 60.7 Å². The van der Waals surface area contributed by atoms with E-state index in [0.717, 1.165) is 42.4 Å². The van der Waals surface area contributed by atoms with Gasteiger partial charge in [-0.2, -0.15) is 0 Å². The number of carbonyl (C=O) groups excluding carboxylic acids is 2. The van der Waals surface area contributed by atoms with Crippen LogP contribution in [-0.4, -0.2) is 52.8 Å². The molecule has 0 aliphatic rings. The third-order valence-corrected chi connectivity index (χ3v) is 6.30. The number of anilines is 6. The van der Waals surface area contributed by atoms with E-state index in [4.69, 9.17) is 9.47 Å². The topological polar surface area (TPSA) is 83.1 Å². The van der Waals surface area contributed by atoms with Crippen LogP contribution in [-0.2, 0) is 9.47 Å². The number of esters is 2. The first-order chi connectivity index (χ1) is 17.8. The summed E-state index contributed by atoms with van der Waals surface area (Å²) in [6.45, 7) is 9.00. The average Bonchev–Trinajstić information content (AvgIpc) is 2.94. The van der Waals surface area contributed by atoms with Crippen LogP contribution in [0.5, 0.6) is 0 Å². The smallest absolute Gasteiger partial charge is 0.340 e. The molecule has 0 fully saturated rings. The number of rotatable bonds is 11. The molecule has 0 bridgehead atoms. The Morgan fingerprint density at radius 2 is 1.08 bits per heavy atom. The van der Waals surface area contributed by atoms with Crippen LogP contribution in [0.1, 0.15) is 41.5 Å². The molecule has 0 spiro atoms. The number of nitrogens with zero attached hydrogens (tertiary/aromatic N) is 2. The largest absolute Gasteiger partial charge is 0.465 e. The predicted octanol–water partition coefficient (Wildman–Crippen LogP) is 6.05. The van der Waals surface area contributed by atoms with E-state index in [1.807, 2.05) is 55.6 Å². The standard InChI is InChI=1S/C29H36N4O4/c1-7-32(4)22-14-10-20(11-15-22)30-26-18-25(29(35)37-6)27(19-24(26)28(34)36-5)31-21-12-16-23(17-13-21)33(8-2)9-3/h10-19,30-31H,7-9H2,1-6H3. The molecule has 8 heteroatoms. The van der Waals surface area contributed by atoms with Gasteiger partial charge in [-0.3, -0.25) is 0 Å². The number of hydrogen-bond donors (Lipinski definition) is 2. The molecular weight excluding hydrogens is 468 g/mol. The van der Waals surface area contributed by atoms with Gasteiger partial charge in [-0.25, -0.2) is 9.59 Å². The van der Waals surface area contributed by atoms with Crippen molar-refractivity contribution in [2.45, 2.75) is 20.8 Å². The second-order valence-corrected chi connectivity index (χ2v) is 8.46. The number of methoxy groups -OCH3 is 2. The maximum Gasteiger partial charge on any atom is 0.340 e. The molecule has 0 saturated carbocycles. The Labute approximate surface area is 219 Å². The van der Waals surface area contributed by atoms with Crippen molar-refractivity contribution in [2.75, 3.05) is 61.3 Å². The van der Waals surface area contributed by atoms with Crippen molar-refractivity contribution in [1.82, 2.24) is 0 Å². The van der Waals surface area contributed by atoms with Crippen molar-refractivity contribution >= 4 is 46.1 Å². The maximum absolute atomic E-state index is 12.7. The van der Waals surface area contributed by atoms with Crippen LogP contribution in [0.2, 0.25) is 0 Å². The molecular formula is C29H36N4O4. The van der Waals surface area contributed by atoms with E-state index in [9.17, 15) is 9.59 Å². The summed E-state index contributed by atoms with van der Waals surface area (Å²) in [5.74, 6) is -1.05. The summed E-state index contributed by atoms with van der Waals surface area (Å²) < 4.78 is 10.1. The van der Waals surface area contributed by atoms with E-state index in [0.29, 0.717) is 11.4 Å². The Bertz CT molecular complexity index is 1210. The fourth-order valence-electron chi connectivity index (χ4n) is 4.00. The Morgan fingerprint density at radius 1 is 0.676 bits per heavy atom. The second-order valence-electron chi connectivity index (χ2n) is 8.46. The molecule has 2 N–H and O–H groups in total. The monoisotopic (exact) mass is 504 g/mol. The van der Waals surface area contributed by atoms with E-state index < -0.39 is 11.9 Å². The van der Waals surface area contributed by atoms with Crippen molar-refractivity contribution < 1.29 is 19.1 Å². The first-order valence-corrected chi connectivity index (χ1v) is 12.4. The van der Waals surface area contributed by atoms with Gasteiger partial charge in [-0.05, 0) is 81.4 Å². The van der Waals surface area contributed by atoms with Crippen LogP contribution in [0.4, 0.5) is 34.1 Å². The highest BCUT2D eigenvalue weighted by atomic mass is 16.5. The Hall–Kier alpha value is -4.20. The van der Waals surface area contributed by atoms with Gasteiger partial charge >= 0.3 is 11.9 Å². The number of hydrogen-bond acceptors (Lipinski definition) is 8. The van der Waals surface area contributed by atoms with Gasteiger partial charge in [0.15, 0.2) is 0 Å². The molecule has 0 saturated heterocycles. The van der Waals surface area contributed by atoms with E-state index >= 15 is 0 Å². The third kappa shape index (κ3) is 6.52. The highest BCUT2D eigenvalue weighted by Gasteiger charge is 2.21. The number of carbonyl (C=O) groups is 2. The van der Waals surface area contributed by atoms with Gasteiger partial charge in [0, 0.05) is 49.4 Å². The summed E-state index contributed by atoms with van der Waals surface area (Å²) in [6, 6.07) is 18.9. The van der Waals surface area contributed by atoms with Crippen molar-refractivity contribution in [2.24, 2.45) is 0 Å². The van der Waals surface area contributed by atoms with Gasteiger partial charge < -0.3 is 29.9 Å². The minimum atomic E-state index is -0.527. The minimum absolute atomic E-state index is 0.284. The predicted molar refractivity (Wildman–Crippen MR) is 151 cm³/mol. The molecule has 0 unspecified atom stereocenters. The molecule has 3 rings (SSSR count). The Balaban J connectivity index is 2.00. The molecule has 0 aromatic heterocycles. The highest BCUT2D eigenvalue weighted by molar-refractivity contribution is 6.04. The molecule has 0 heterocycles. The molecule has 37 heavy (non-hydrogen) atoms. The summed E-state index contributed by atoms with van der Waals surface area (Å²) in [5, 5.41) is 6.52. The normalized spacial score (nSPS) is 10.4. The summed E-state index contributed by atoms with van der Waals surface area (Å²) >= 11 is 0. The second kappa shape index (κ2) is 12.7. The molecule has 3 aromatic rings. The van der Waals surface area contributed by atoms with Crippen molar-refractivity contribution in [3.63, 3.8) is 0 Å². The first-order valence-electron chi connectivity index (χ1n) is 12.4. The van der Waals surface area contributed by atoms with Crippen molar-refractivity contribution in [1.29, 1.82) is 0 Å². The zero-order chi connectivity index (χ0) is 26.9. The molecule has 3 aromatic carbocycles. The third-order valence-electron chi connectivity index (χ3n) is 6.30. The average molecular weight is 505 g/mol. The maximum atomic E-state index is 12.7. The van der Waals surface area contributed by atoms with Gasteiger partial charge in [0.1, 0.15) is 0 Å². The van der Waals surface area contributed by atoms with Gasteiger partial charge in [0.25, 0.3) is 0 Å². The minimum Gasteiger partial charge on any atom is -0.465 e. The van der Waals surface area contributed by atoms with Crippen LogP contribution < -0.4 is 20.4 Å². The van der Waals surface area contributed by atoms with Gasteiger partial charge in [0.2, 0.25) is 0 Å². The van der Waals surface area contributed by atoms with Crippen LogP contribution in [0.3, 0.4) is 0 Å². The van der Waals surface area contributed by atoms with Crippen molar-refractivity contribution in [3.05, 3.63) is 71.8 Å². The van der Waals surface area contributed by atoms with Crippen LogP contribution in [0, 0.1) is 0 Å². The summed E-state index contributed by atoms with van der Waals surface area (Å²) in [4.78, 5) is 29.8. The molecule has 0 radical (unpaired) electrons. The Kier molecular flexibility index (Phi) is 9.38. The fraction of sp³-hybridized carbons (Fsp3) is 0.310. The number of ether oxygens (including phenoxy) is 2. The lowest BCUT2D eigenvalue weighted by molar-refractivity contribution is 0.0588. The summed E-state index contributed by atoms with van der Waals surface area (Å²) in [7, 11) is 4.67. The highest BCUT2D eigenvalue weighted by Crippen LogP contribution is 2.32. The lowest BCUT2D eigenvalue weighted by Crippen LogP contribution is -2.21. The van der Waals surface area contributed by atoms with E-state index in [-0.39, 0.29) is 11.1 Å². The fourth-order valence-corrected chi connectivity index (χ4v) is 4.00. The summed E-state index contributed by atoms with van der Waals surface area (Å²) in [6.07, 6.45) is 0. The molecule has 0 aliphatic carbocycles. The lowest BCUT2D eigenvalue weighted by Gasteiger charge is -2.21. The van der Waals surface area contributed by atoms with Crippen molar-refractivity contribution in [3.8, 4) is 0 Å². The van der Waals surface area contributed by atoms with Crippen LogP contribution in [0.25, 0.3) is 0 Å². The number of benzene rings is 3. The SMILES string of the molecule is CCN(C)c1ccc(Nc2cc(C(=O)OC)c(Nc3ccc(N(CC)CC)cc3)cc2C(=O)OC)cc1. The zero-order valence-electron chi connectivity index (χ0n) is 22.4. The molecule has 196 valence electrons. The first kappa shape index (κ1) is 27.4. The summed E-state index contributed by atoms with van der Waals surface area (Å²) in [5.41, 5.74) is 5.16. The van der Waals surface area contributed by atoms with Gasteiger partial charge in [-0.15, -0.1) is 0 Å². The van der Waals surface area contributed by atoms with Gasteiger partial charge in [0.05, 0.1) is 36.7 Å².